The number of hydrogen-bond acceptors (Lipinski definition) is 14. The number of aliphatic carboxylic acids is 6. The number of nitrogens with one attached hydrogen (secondary N) is 2. The Morgan fingerprint density at radius 1 is 0.349 bits per heavy atom. The molecule has 0 aromatic heterocycles. The van der Waals surface area contributed by atoms with Crippen LogP contribution in [0.4, 0.5) is 0 Å². The molecule has 2 aliphatic heterocycles. The number of fused-ring (bicyclic) bond motifs is 2. The summed E-state index contributed by atoms with van der Waals surface area (Å²) in [5.41, 5.74) is -2.08. The Labute approximate surface area is 491 Å². The van der Waals surface area contributed by atoms with Crippen molar-refractivity contribution < 1.29 is 97.8 Å². The summed E-state index contributed by atoms with van der Waals surface area (Å²) in [5.74, 6) is -11.9. The van der Waals surface area contributed by atoms with Crippen LogP contribution in [0.15, 0.2) is 48.5 Å². The van der Waals surface area contributed by atoms with Crippen molar-refractivity contribution in [3.8, 4) is 0 Å². The molecule has 0 unspecified atom stereocenters. The SMILES string of the molecule is C[C@@H](C(=O)CCCCCC(=O)NC(CCC(=O)O)(CCC(=O)O)CCC(=O)O)N1C(=O)c2ccc3c4ccc5c6c(ccc(c7ccc(c2c37)C1=O)c64)C(=O)N([C@@H](C)C(=O)CCCCCC(=O)NC(CCC(=O)O)(CCC(=O)O)CCC(=O)O)C5=O. The van der Waals surface area contributed by atoms with Crippen molar-refractivity contribution in [3.05, 3.63) is 70.8 Å². The number of carboxylic acids is 6. The molecule has 2 atom stereocenters. The minimum atomic E-state index is -1.39. The first-order valence-corrected chi connectivity index (χ1v) is 28.6. The highest BCUT2D eigenvalue weighted by Crippen LogP contribution is 2.47. The number of unbranched alkanes of at least 4 members (excludes halogenated alkanes) is 4. The number of amides is 6. The smallest absolute Gasteiger partial charge is 0.303 e. The van der Waals surface area contributed by atoms with Crippen molar-refractivity contribution in [2.75, 3.05) is 0 Å². The lowest BCUT2D eigenvalue weighted by Gasteiger charge is -2.34. The predicted molar refractivity (Wildman–Crippen MR) is 307 cm³/mol. The Kier molecular flexibility index (Phi) is 20.4. The van der Waals surface area contributed by atoms with E-state index < -0.39 is 145 Å². The van der Waals surface area contributed by atoms with Crippen LogP contribution in [-0.2, 0) is 47.9 Å². The number of carbonyl (C=O) groups excluding carboxylic acids is 8. The fraction of sp³-hybridized carbons (Fsp3) is 0.452. The van der Waals surface area contributed by atoms with E-state index >= 15 is 0 Å². The summed E-state index contributed by atoms with van der Waals surface area (Å²) in [5, 5.41) is 65.6. The second kappa shape index (κ2) is 27.2. The van der Waals surface area contributed by atoms with Gasteiger partial charge >= 0.3 is 35.8 Å². The van der Waals surface area contributed by atoms with E-state index in [2.05, 4.69) is 10.6 Å². The minimum Gasteiger partial charge on any atom is -0.481 e. The van der Waals surface area contributed by atoms with Gasteiger partial charge in [0.1, 0.15) is 0 Å². The summed E-state index contributed by atoms with van der Waals surface area (Å²) in [4.78, 5) is 181. The van der Waals surface area contributed by atoms with Crippen LogP contribution in [-0.4, -0.2) is 146 Å². The van der Waals surface area contributed by atoms with E-state index in [4.69, 9.17) is 0 Å². The van der Waals surface area contributed by atoms with Crippen molar-refractivity contribution in [3.63, 3.8) is 0 Å². The number of nitrogens with zero attached hydrogens (tertiary/aromatic N) is 2. The van der Waals surface area contributed by atoms with E-state index in [1.165, 1.54) is 13.8 Å². The third-order valence-corrected chi connectivity index (χ3v) is 16.8. The molecule has 6 amide bonds. The van der Waals surface area contributed by atoms with Gasteiger partial charge in [0, 0.05) is 108 Å². The van der Waals surface area contributed by atoms with Gasteiger partial charge in [-0.3, -0.25) is 76.9 Å². The normalized spacial score (nSPS) is 14.0. The van der Waals surface area contributed by atoms with Crippen LogP contribution in [0.3, 0.4) is 0 Å². The number of ketones is 2. The molecule has 5 aromatic carbocycles. The van der Waals surface area contributed by atoms with E-state index in [9.17, 15) is 97.8 Å². The molecule has 0 saturated carbocycles. The van der Waals surface area contributed by atoms with Crippen molar-refractivity contribution in [1.29, 1.82) is 0 Å². The number of Topliss-reactive ketones (excluding diaryl/α,β-unsaturated/α-hetero) is 2. The van der Waals surface area contributed by atoms with Crippen LogP contribution >= 0.6 is 0 Å². The average molecular weight is 1190 g/mol. The lowest BCUT2D eigenvalue weighted by molar-refractivity contribution is -0.141. The number of carboxylic acid groups (broad SMARTS) is 6. The molecule has 2 heterocycles. The molecule has 0 saturated heterocycles. The van der Waals surface area contributed by atoms with Crippen LogP contribution in [0.5, 0.6) is 0 Å². The van der Waals surface area contributed by atoms with Gasteiger partial charge in [-0.05, 0) is 135 Å². The van der Waals surface area contributed by atoms with Crippen LogP contribution < -0.4 is 10.6 Å². The van der Waals surface area contributed by atoms with E-state index in [1.807, 2.05) is 0 Å². The maximum atomic E-state index is 14.4. The molecule has 5 aromatic rings. The van der Waals surface area contributed by atoms with Gasteiger partial charge < -0.3 is 41.3 Å². The Morgan fingerprint density at radius 2 is 0.581 bits per heavy atom. The van der Waals surface area contributed by atoms with Crippen molar-refractivity contribution in [1.82, 2.24) is 20.4 Å². The summed E-state index contributed by atoms with van der Waals surface area (Å²) in [6, 6.07) is 10.8. The fourth-order valence-electron chi connectivity index (χ4n) is 12.2. The number of imide groups is 2. The Balaban J connectivity index is 0.998. The first-order valence-electron chi connectivity index (χ1n) is 28.6. The largest absolute Gasteiger partial charge is 0.481 e. The lowest BCUT2D eigenvalue weighted by atomic mass is 9.82. The molecule has 456 valence electrons. The van der Waals surface area contributed by atoms with Gasteiger partial charge in [-0.1, -0.05) is 37.1 Å². The zero-order chi connectivity index (χ0) is 62.9. The highest BCUT2D eigenvalue weighted by molar-refractivity contribution is 6.41. The highest BCUT2D eigenvalue weighted by Gasteiger charge is 2.42. The standard InChI is InChI=1S/C62H68N4O20/c1-33(43(67)9-5-3-7-11-45(69)63-61(27-21-47(71)72,28-22-48(73)74)29-23-49(75)76)65-57(83)39-17-13-35-37-15-19-41-56-42(20-16-38(54(37)56)36-14-18-40(58(65)84)55(39)53(35)36)60(86)66(59(41)85)34(2)44(68)10-6-4-8-12-46(70)64-62(30-24-50(77)78,31-25-51(79)80)32-26-52(81)82/h13-20,33-34H,3-12,21-32H2,1-2H3,(H,63,69)(H,64,70)(H,71,72)(H,73,74)(H,75,76)(H,77,78)(H,79,80)(H,81,82)/t33-,34-/m0/s1. The van der Waals surface area contributed by atoms with Crippen LogP contribution in [0.2, 0.25) is 0 Å². The van der Waals surface area contributed by atoms with E-state index in [1.54, 1.807) is 48.5 Å². The number of carbonyl (C=O) groups is 14. The quantitative estimate of drug-likeness (QED) is 0.00826. The average Bonchev–Trinajstić information content (AvgIpc) is 0.703. The Morgan fingerprint density at radius 3 is 0.814 bits per heavy atom. The summed E-state index contributed by atoms with van der Waals surface area (Å²) in [6.07, 6.45) is -2.23. The monoisotopic (exact) mass is 1190 g/mol. The maximum absolute atomic E-state index is 14.4. The summed E-state index contributed by atoms with van der Waals surface area (Å²) >= 11 is 0. The molecule has 8 N–H and O–H groups in total. The molecule has 0 spiro atoms. The zero-order valence-electron chi connectivity index (χ0n) is 47.6. The van der Waals surface area contributed by atoms with Gasteiger partial charge in [0.15, 0.2) is 11.6 Å². The van der Waals surface area contributed by atoms with Crippen LogP contribution in [0.25, 0.3) is 43.1 Å². The molecular formula is C62H68N4O20. The number of rotatable bonds is 36. The maximum Gasteiger partial charge on any atom is 0.303 e. The third kappa shape index (κ3) is 14.3. The van der Waals surface area contributed by atoms with Gasteiger partial charge in [0.05, 0.1) is 12.1 Å². The molecule has 24 heteroatoms. The summed E-state index contributed by atoms with van der Waals surface area (Å²) in [7, 11) is 0. The molecule has 0 fully saturated rings. The Hall–Kier alpha value is -9.22. The molecule has 86 heavy (non-hydrogen) atoms. The second-order valence-corrected chi connectivity index (χ2v) is 22.5. The molecule has 0 bridgehead atoms. The zero-order valence-corrected chi connectivity index (χ0v) is 47.6. The molecule has 7 rings (SSSR count). The van der Waals surface area contributed by atoms with Gasteiger partial charge in [-0.2, -0.15) is 0 Å². The molecule has 0 radical (unpaired) electrons. The van der Waals surface area contributed by atoms with Gasteiger partial charge in [-0.15, -0.1) is 0 Å². The lowest BCUT2D eigenvalue weighted by Crippen LogP contribution is -2.49. The fourth-order valence-corrected chi connectivity index (χ4v) is 12.2. The van der Waals surface area contributed by atoms with Crippen molar-refractivity contribution >= 4 is 126 Å². The van der Waals surface area contributed by atoms with E-state index in [-0.39, 0.29) is 112 Å². The van der Waals surface area contributed by atoms with Crippen molar-refractivity contribution in [2.24, 2.45) is 0 Å². The number of benzene rings is 5. The first-order chi connectivity index (χ1) is 40.7. The summed E-state index contributed by atoms with van der Waals surface area (Å²) < 4.78 is 0. The van der Waals surface area contributed by atoms with Gasteiger partial charge in [-0.25, -0.2) is 0 Å². The molecule has 2 aliphatic rings. The van der Waals surface area contributed by atoms with Crippen LogP contribution in [0, 0.1) is 0 Å². The highest BCUT2D eigenvalue weighted by atomic mass is 16.4. The predicted octanol–water partition coefficient (Wildman–Crippen LogP) is 7.64. The van der Waals surface area contributed by atoms with E-state index in [0.29, 0.717) is 55.9 Å². The van der Waals surface area contributed by atoms with Crippen LogP contribution in [0.1, 0.15) is 197 Å². The van der Waals surface area contributed by atoms with Gasteiger partial charge in [0.2, 0.25) is 11.8 Å². The number of hydrogen-bond donors (Lipinski definition) is 8. The molecule has 24 nitrogen and oxygen atoms in total. The second-order valence-electron chi connectivity index (χ2n) is 22.5. The molecule has 0 aliphatic carbocycles. The third-order valence-electron chi connectivity index (χ3n) is 16.8. The van der Waals surface area contributed by atoms with Crippen molar-refractivity contribution in [2.45, 2.75) is 178 Å². The Bertz CT molecular complexity index is 3180. The minimum absolute atomic E-state index is 0.0589. The topological polar surface area (TPSA) is 391 Å². The first kappa shape index (κ1) is 64.3. The van der Waals surface area contributed by atoms with E-state index in [0.717, 1.165) is 9.80 Å². The summed E-state index contributed by atoms with van der Waals surface area (Å²) in [6.45, 7) is 2.92. The molecular weight excluding hydrogens is 1120 g/mol. The van der Waals surface area contributed by atoms with Gasteiger partial charge in [0.25, 0.3) is 23.6 Å².